The Morgan fingerprint density at radius 1 is 1.33 bits per heavy atom. The molecule has 0 bridgehead atoms. The zero-order valence-corrected chi connectivity index (χ0v) is 19.9. The number of nitrogens with zero attached hydrogens (tertiary/aromatic N) is 1. The minimum atomic E-state index is -0.463. The minimum absolute atomic E-state index is 0.228. The average Bonchev–Trinajstić information content (AvgIpc) is 2.96. The van der Waals surface area contributed by atoms with Crippen LogP contribution in [0.1, 0.15) is 22.8 Å². The van der Waals surface area contributed by atoms with Crippen LogP contribution in [0.3, 0.4) is 0 Å². The first-order valence-electron chi connectivity index (χ1n) is 8.69. The summed E-state index contributed by atoms with van der Waals surface area (Å²) in [5.74, 6) is 0.233. The number of ether oxygens (including phenoxy) is 2. The smallest absolute Gasteiger partial charge is 0.285 e. The highest BCUT2D eigenvalue weighted by molar-refractivity contribution is 9.10. The normalized spacial score (nSPS) is 14.9. The highest BCUT2D eigenvalue weighted by Gasteiger charge is 2.34. The summed E-state index contributed by atoms with van der Waals surface area (Å²) >= 11 is 15.7. The predicted octanol–water partition coefficient (Wildman–Crippen LogP) is 5.06. The van der Waals surface area contributed by atoms with Crippen molar-refractivity contribution < 1.29 is 19.1 Å². The molecule has 1 saturated heterocycles. The molecule has 30 heavy (non-hydrogen) atoms. The van der Waals surface area contributed by atoms with Crippen LogP contribution in [0.4, 0.5) is 0 Å². The third-order valence-corrected chi connectivity index (χ3v) is 6.09. The minimum Gasteiger partial charge on any atom is -0.492 e. The molecule has 1 N–H and O–H groups in total. The molecule has 0 atom stereocenters. The lowest BCUT2D eigenvalue weighted by Crippen LogP contribution is -2.44. The van der Waals surface area contributed by atoms with Gasteiger partial charge in [-0.05, 0) is 83.1 Å². The third-order valence-electron chi connectivity index (χ3n) is 3.95. The largest absolute Gasteiger partial charge is 0.492 e. The van der Waals surface area contributed by atoms with E-state index in [1.165, 1.54) is 0 Å². The molecule has 10 heteroatoms. The highest BCUT2D eigenvalue weighted by Crippen LogP contribution is 2.38. The molecule has 1 aliphatic rings. The number of hydrogen-bond donors (Lipinski definition) is 1. The van der Waals surface area contributed by atoms with Crippen LogP contribution in [0, 0.1) is 0 Å². The number of nitrogens with one attached hydrogen (secondary N) is 1. The van der Waals surface area contributed by atoms with Crippen LogP contribution in [-0.2, 0) is 4.79 Å². The molecular formula is C20H16BrClN2O4S2. The summed E-state index contributed by atoms with van der Waals surface area (Å²) in [5.41, 5.74) is 3.61. The predicted molar refractivity (Wildman–Crippen MR) is 126 cm³/mol. The molecule has 0 spiro atoms. The second-order valence-electron chi connectivity index (χ2n) is 5.93. The highest BCUT2D eigenvalue weighted by atomic mass is 79.9. The van der Waals surface area contributed by atoms with E-state index in [0.717, 1.165) is 22.3 Å². The van der Waals surface area contributed by atoms with E-state index < -0.39 is 11.8 Å². The fourth-order valence-electron chi connectivity index (χ4n) is 2.62. The Hall–Kier alpha value is -2.07. The quantitative estimate of drug-likeness (QED) is 0.419. The summed E-state index contributed by atoms with van der Waals surface area (Å²) in [5, 5.41) is 1.57. The summed E-state index contributed by atoms with van der Waals surface area (Å²) in [6.45, 7) is 2.33. The first kappa shape index (κ1) is 22.6. The van der Waals surface area contributed by atoms with Gasteiger partial charge in [0.1, 0.15) is 0 Å². The van der Waals surface area contributed by atoms with Crippen LogP contribution in [0.2, 0.25) is 5.02 Å². The molecule has 0 aromatic heterocycles. The van der Waals surface area contributed by atoms with E-state index in [2.05, 4.69) is 21.4 Å². The molecule has 156 valence electrons. The number of halogens is 2. The lowest BCUT2D eigenvalue weighted by atomic mass is 10.2. The molecule has 2 amide bonds. The Morgan fingerprint density at radius 3 is 2.67 bits per heavy atom. The molecule has 1 heterocycles. The maximum atomic E-state index is 12.8. The summed E-state index contributed by atoms with van der Waals surface area (Å²) in [6, 6.07) is 9.90. The number of thioether (sulfide) groups is 1. The molecule has 3 rings (SSSR count). The Balaban J connectivity index is 1.82. The van der Waals surface area contributed by atoms with Crippen molar-refractivity contribution in [1.82, 2.24) is 10.4 Å². The molecule has 0 aliphatic carbocycles. The first-order valence-corrected chi connectivity index (χ1v) is 11.1. The van der Waals surface area contributed by atoms with Crippen molar-refractivity contribution in [2.45, 2.75) is 6.92 Å². The molecule has 1 aliphatic heterocycles. The van der Waals surface area contributed by atoms with Crippen LogP contribution < -0.4 is 14.9 Å². The molecule has 0 saturated carbocycles. The number of hydrazine groups is 1. The number of rotatable bonds is 6. The van der Waals surface area contributed by atoms with Gasteiger partial charge in [-0.15, -0.1) is 0 Å². The van der Waals surface area contributed by atoms with Crippen molar-refractivity contribution in [3.8, 4) is 11.5 Å². The molecule has 0 unspecified atom stereocenters. The lowest BCUT2D eigenvalue weighted by Gasteiger charge is -2.15. The molecule has 0 radical (unpaired) electrons. The maximum absolute atomic E-state index is 12.8. The van der Waals surface area contributed by atoms with E-state index in [-0.39, 0.29) is 4.32 Å². The van der Waals surface area contributed by atoms with Crippen LogP contribution in [-0.4, -0.2) is 34.9 Å². The van der Waals surface area contributed by atoms with Gasteiger partial charge >= 0.3 is 0 Å². The Morgan fingerprint density at radius 2 is 2.03 bits per heavy atom. The van der Waals surface area contributed by atoms with Crippen molar-refractivity contribution >= 4 is 73.7 Å². The van der Waals surface area contributed by atoms with Crippen molar-refractivity contribution in [3.05, 3.63) is 61.9 Å². The third kappa shape index (κ3) is 4.97. The number of carbonyl (C=O) groups is 2. The van der Waals surface area contributed by atoms with Gasteiger partial charge in [0, 0.05) is 10.6 Å². The summed E-state index contributed by atoms with van der Waals surface area (Å²) in [7, 11) is 1.55. The van der Waals surface area contributed by atoms with E-state index in [0.29, 0.717) is 38.1 Å². The van der Waals surface area contributed by atoms with Crippen LogP contribution in [0.5, 0.6) is 11.5 Å². The zero-order valence-electron chi connectivity index (χ0n) is 15.9. The van der Waals surface area contributed by atoms with Crippen LogP contribution >= 0.6 is 51.5 Å². The van der Waals surface area contributed by atoms with Gasteiger partial charge in [0.25, 0.3) is 11.8 Å². The molecule has 6 nitrogen and oxygen atoms in total. The number of benzene rings is 2. The van der Waals surface area contributed by atoms with Gasteiger partial charge in [0.2, 0.25) is 0 Å². The first-order chi connectivity index (χ1) is 14.3. The van der Waals surface area contributed by atoms with Crippen LogP contribution in [0.25, 0.3) is 6.08 Å². The van der Waals surface area contributed by atoms with Crippen molar-refractivity contribution in [2.75, 3.05) is 13.7 Å². The second kappa shape index (κ2) is 9.82. The number of amides is 2. The maximum Gasteiger partial charge on any atom is 0.285 e. The number of carbonyl (C=O) groups excluding carboxylic acids is 2. The van der Waals surface area contributed by atoms with Crippen molar-refractivity contribution in [3.63, 3.8) is 0 Å². The molecular weight excluding hydrogens is 512 g/mol. The summed E-state index contributed by atoms with van der Waals surface area (Å²) < 4.78 is 11.9. The van der Waals surface area contributed by atoms with Gasteiger partial charge in [-0.25, -0.2) is 0 Å². The van der Waals surface area contributed by atoms with Gasteiger partial charge in [-0.1, -0.05) is 23.4 Å². The van der Waals surface area contributed by atoms with E-state index in [4.69, 9.17) is 33.3 Å². The monoisotopic (exact) mass is 526 g/mol. The average molecular weight is 528 g/mol. The standard InChI is InChI=1S/C20H16BrClN2O4S2/c1-3-28-15-9-11(8-14(21)17(15)27-2)10-16-19(26)24(20(29)30-16)23-18(25)12-4-6-13(22)7-5-12/h4-10H,3H2,1-2H3,(H,23,25)/b16-10+. The van der Waals surface area contributed by atoms with Gasteiger partial charge < -0.3 is 9.47 Å². The Labute approximate surface area is 196 Å². The number of thiocarbonyl (C=S) groups is 1. The summed E-state index contributed by atoms with van der Waals surface area (Å²) in [6.07, 6.45) is 1.68. The van der Waals surface area contributed by atoms with Gasteiger partial charge in [-0.2, -0.15) is 5.01 Å². The van der Waals surface area contributed by atoms with Crippen molar-refractivity contribution in [1.29, 1.82) is 0 Å². The lowest BCUT2D eigenvalue weighted by molar-refractivity contribution is -0.123. The topological polar surface area (TPSA) is 67.9 Å². The molecule has 2 aromatic rings. The fraction of sp³-hybridized carbons (Fsp3) is 0.150. The van der Waals surface area contributed by atoms with Crippen molar-refractivity contribution in [2.24, 2.45) is 0 Å². The number of hydrogen-bond acceptors (Lipinski definition) is 6. The fourth-order valence-corrected chi connectivity index (χ4v) is 4.54. The van der Waals surface area contributed by atoms with Gasteiger partial charge in [0.05, 0.1) is 23.1 Å². The zero-order chi connectivity index (χ0) is 21.8. The van der Waals surface area contributed by atoms with E-state index >= 15 is 0 Å². The van der Waals surface area contributed by atoms with Crippen LogP contribution in [0.15, 0.2) is 45.8 Å². The Bertz CT molecular complexity index is 1040. The molecule has 2 aromatic carbocycles. The van der Waals surface area contributed by atoms with E-state index in [1.807, 2.05) is 6.92 Å². The van der Waals surface area contributed by atoms with Gasteiger partial charge in [-0.3, -0.25) is 15.0 Å². The summed E-state index contributed by atoms with van der Waals surface area (Å²) in [4.78, 5) is 25.6. The SMILES string of the molecule is CCOc1cc(/C=C2/SC(=S)N(NC(=O)c3ccc(Cl)cc3)C2=O)cc(Br)c1OC. The second-order valence-corrected chi connectivity index (χ2v) is 8.90. The van der Waals surface area contributed by atoms with Gasteiger partial charge in [0.15, 0.2) is 15.8 Å². The number of methoxy groups -OCH3 is 1. The molecule has 1 fully saturated rings. The van der Waals surface area contributed by atoms with E-state index in [1.54, 1.807) is 49.6 Å². The Kier molecular flexibility index (Phi) is 7.41. The van der Waals surface area contributed by atoms with E-state index in [9.17, 15) is 9.59 Å².